The monoisotopic (exact) mass is 342 g/mol. The van der Waals surface area contributed by atoms with Crippen LogP contribution in [0.25, 0.3) is 0 Å². The first kappa shape index (κ1) is 16.0. The number of fused-ring (bicyclic) bond motifs is 2. The van der Waals surface area contributed by atoms with Crippen LogP contribution in [-0.2, 0) is 0 Å². The summed E-state index contributed by atoms with van der Waals surface area (Å²) in [6, 6.07) is 10.7. The van der Waals surface area contributed by atoms with Crippen LogP contribution in [0.3, 0.4) is 0 Å². The summed E-state index contributed by atoms with van der Waals surface area (Å²) in [5.74, 6) is 2.05. The lowest BCUT2D eigenvalue weighted by Crippen LogP contribution is -2.46. The molecule has 1 N–H and O–H groups in total. The van der Waals surface area contributed by atoms with Crippen molar-refractivity contribution in [1.82, 2.24) is 10.2 Å². The van der Waals surface area contributed by atoms with E-state index in [-0.39, 0.29) is 11.9 Å². The smallest absolute Gasteiger partial charge is 0.292 e. The lowest BCUT2D eigenvalue weighted by molar-refractivity contribution is 0.0909. The van der Waals surface area contributed by atoms with Gasteiger partial charge in [-0.3, -0.25) is 4.79 Å². The molecule has 25 heavy (non-hydrogen) atoms. The summed E-state index contributed by atoms with van der Waals surface area (Å²) >= 11 is 0. The molecule has 6 nitrogen and oxygen atoms in total. The molecule has 2 saturated heterocycles. The maximum Gasteiger partial charge on any atom is 0.292 e. The molecule has 3 atom stereocenters. The van der Waals surface area contributed by atoms with Gasteiger partial charge in [0.2, 0.25) is 0 Å². The Morgan fingerprint density at radius 2 is 1.96 bits per heavy atom. The quantitative estimate of drug-likeness (QED) is 0.905. The number of rotatable bonds is 5. The molecule has 0 radical (unpaired) electrons. The first-order valence-electron chi connectivity index (χ1n) is 8.64. The van der Waals surface area contributed by atoms with E-state index in [9.17, 15) is 4.79 Å². The van der Waals surface area contributed by atoms with Gasteiger partial charge in [-0.1, -0.05) is 0 Å². The Hall–Kier alpha value is -2.47. The molecule has 2 bridgehead atoms. The number of furan rings is 1. The van der Waals surface area contributed by atoms with E-state index in [1.165, 1.54) is 26.6 Å². The Morgan fingerprint density at radius 1 is 1.16 bits per heavy atom. The highest BCUT2D eigenvalue weighted by Crippen LogP contribution is 2.28. The van der Waals surface area contributed by atoms with Gasteiger partial charge in [0, 0.05) is 36.8 Å². The van der Waals surface area contributed by atoms with E-state index in [0.29, 0.717) is 23.2 Å². The molecule has 6 heteroatoms. The van der Waals surface area contributed by atoms with Gasteiger partial charge in [0.15, 0.2) is 0 Å². The molecular weight excluding hydrogens is 320 g/mol. The number of carbonyl (C=O) groups excluding carboxylic acids is 1. The molecule has 1 aromatic heterocycles. The van der Waals surface area contributed by atoms with E-state index in [1.807, 2.05) is 0 Å². The molecule has 0 spiro atoms. The number of amides is 1. The predicted molar refractivity (Wildman–Crippen MR) is 92.2 cm³/mol. The highest BCUT2D eigenvalue weighted by atomic mass is 16.6. The van der Waals surface area contributed by atoms with Crippen molar-refractivity contribution in [3.05, 3.63) is 42.0 Å². The van der Waals surface area contributed by atoms with Crippen LogP contribution in [0.1, 0.15) is 23.2 Å². The lowest BCUT2D eigenvalue weighted by Gasteiger charge is -2.30. The van der Waals surface area contributed by atoms with Crippen molar-refractivity contribution in [2.24, 2.45) is 5.92 Å². The number of piperidine rings is 1. The largest absolute Gasteiger partial charge is 0.468 e. The molecular formula is C19H22N2O4. The van der Waals surface area contributed by atoms with Gasteiger partial charge in [0.1, 0.15) is 5.75 Å². The Morgan fingerprint density at radius 3 is 2.68 bits per heavy atom. The van der Waals surface area contributed by atoms with Crippen LogP contribution in [0, 0.1) is 5.92 Å². The van der Waals surface area contributed by atoms with Crippen LogP contribution in [-0.4, -0.2) is 43.6 Å². The molecule has 4 rings (SSSR count). The average molecular weight is 342 g/mol. The van der Waals surface area contributed by atoms with Crippen molar-refractivity contribution in [3.63, 3.8) is 0 Å². The zero-order chi connectivity index (χ0) is 17.2. The van der Waals surface area contributed by atoms with Crippen molar-refractivity contribution in [3.8, 4) is 17.6 Å². The highest BCUT2D eigenvalue weighted by molar-refractivity contribution is 5.94. The second kappa shape index (κ2) is 6.80. The van der Waals surface area contributed by atoms with Crippen LogP contribution >= 0.6 is 0 Å². The van der Waals surface area contributed by atoms with E-state index in [2.05, 4.69) is 10.2 Å². The van der Waals surface area contributed by atoms with E-state index in [1.54, 1.807) is 36.4 Å². The summed E-state index contributed by atoms with van der Waals surface area (Å²) in [5.41, 5.74) is 0.636. The molecule has 2 aliphatic rings. The van der Waals surface area contributed by atoms with Crippen molar-refractivity contribution in [2.75, 3.05) is 26.7 Å². The highest BCUT2D eigenvalue weighted by Gasteiger charge is 2.32. The molecule has 0 saturated carbocycles. The number of nitrogens with zero attached hydrogens (tertiary/aromatic N) is 1. The molecule has 2 aromatic rings. The van der Waals surface area contributed by atoms with Gasteiger partial charge in [0.05, 0.1) is 7.11 Å². The standard InChI is InChI=1S/C19H22N2O4/c1-23-17-6-7-18(25-17)24-16-4-2-14(3-5-16)19(22)20-15-10-13-8-9-21(11-13)12-15/h2-7,13,15H,8-12H2,1H3,(H,20,22)/t13-,15-/m1/s1. The number of hydrogen-bond acceptors (Lipinski definition) is 5. The summed E-state index contributed by atoms with van der Waals surface area (Å²) in [7, 11) is 1.53. The Kier molecular flexibility index (Phi) is 4.36. The number of nitrogens with one attached hydrogen (secondary N) is 1. The topological polar surface area (TPSA) is 63.9 Å². The molecule has 2 aliphatic heterocycles. The number of benzene rings is 1. The summed E-state index contributed by atoms with van der Waals surface area (Å²) in [5, 5.41) is 3.16. The summed E-state index contributed by atoms with van der Waals surface area (Å²) < 4.78 is 15.9. The zero-order valence-corrected chi connectivity index (χ0v) is 14.2. The Balaban J connectivity index is 1.35. The summed E-state index contributed by atoms with van der Waals surface area (Å²) in [6.45, 7) is 3.32. The second-order valence-corrected chi connectivity index (χ2v) is 6.72. The normalized spacial score (nSPS) is 24.8. The number of hydrogen-bond donors (Lipinski definition) is 1. The lowest BCUT2D eigenvalue weighted by atomic mass is 9.96. The van der Waals surface area contributed by atoms with Crippen LogP contribution in [0.4, 0.5) is 0 Å². The fraction of sp³-hybridized carbons (Fsp3) is 0.421. The third-order valence-corrected chi connectivity index (χ3v) is 4.89. The summed E-state index contributed by atoms with van der Waals surface area (Å²) in [6.07, 6.45) is 2.35. The average Bonchev–Trinajstić information content (AvgIpc) is 3.21. The Bertz CT molecular complexity index is 728. The first-order valence-corrected chi connectivity index (χ1v) is 8.64. The van der Waals surface area contributed by atoms with Crippen LogP contribution in [0.5, 0.6) is 17.6 Å². The number of carbonyl (C=O) groups is 1. The van der Waals surface area contributed by atoms with E-state index < -0.39 is 0 Å². The van der Waals surface area contributed by atoms with Gasteiger partial charge < -0.3 is 24.1 Å². The first-order chi connectivity index (χ1) is 12.2. The predicted octanol–water partition coefficient (Wildman–Crippen LogP) is 2.90. The van der Waals surface area contributed by atoms with Crippen molar-refractivity contribution < 1.29 is 18.7 Å². The fourth-order valence-electron chi connectivity index (χ4n) is 3.69. The molecule has 1 unspecified atom stereocenters. The van der Waals surface area contributed by atoms with Crippen molar-refractivity contribution in [1.29, 1.82) is 0 Å². The third kappa shape index (κ3) is 3.64. The zero-order valence-electron chi connectivity index (χ0n) is 14.2. The maximum absolute atomic E-state index is 12.5. The van der Waals surface area contributed by atoms with Crippen molar-refractivity contribution >= 4 is 5.91 Å². The minimum Gasteiger partial charge on any atom is -0.468 e. The second-order valence-electron chi connectivity index (χ2n) is 6.72. The SMILES string of the molecule is COc1ccc(Oc2ccc(C(=O)N[C@@H]3C[C@H]4CCN(C4)C3)cc2)o1. The molecule has 0 aliphatic carbocycles. The fourth-order valence-corrected chi connectivity index (χ4v) is 3.69. The van der Waals surface area contributed by atoms with Gasteiger partial charge in [0.25, 0.3) is 17.8 Å². The van der Waals surface area contributed by atoms with Crippen LogP contribution in [0.2, 0.25) is 0 Å². The van der Waals surface area contributed by atoms with Gasteiger partial charge in [-0.25, -0.2) is 0 Å². The minimum atomic E-state index is -0.0290. The summed E-state index contributed by atoms with van der Waals surface area (Å²) in [4.78, 5) is 14.9. The van der Waals surface area contributed by atoms with Gasteiger partial charge >= 0.3 is 0 Å². The number of ether oxygens (including phenoxy) is 2. The van der Waals surface area contributed by atoms with E-state index >= 15 is 0 Å². The molecule has 1 amide bonds. The Labute approximate surface area is 146 Å². The van der Waals surface area contributed by atoms with Crippen LogP contribution in [0.15, 0.2) is 40.8 Å². The molecule has 2 fully saturated rings. The minimum absolute atomic E-state index is 0.0290. The van der Waals surface area contributed by atoms with E-state index in [4.69, 9.17) is 13.9 Å². The maximum atomic E-state index is 12.5. The number of methoxy groups -OCH3 is 1. The van der Waals surface area contributed by atoms with Crippen molar-refractivity contribution in [2.45, 2.75) is 18.9 Å². The van der Waals surface area contributed by atoms with E-state index in [0.717, 1.165) is 18.9 Å². The van der Waals surface area contributed by atoms with Gasteiger partial charge in [-0.15, -0.1) is 0 Å². The molecule has 3 heterocycles. The molecule has 1 aromatic carbocycles. The molecule has 132 valence electrons. The van der Waals surface area contributed by atoms with Gasteiger partial charge in [-0.2, -0.15) is 0 Å². The third-order valence-electron chi connectivity index (χ3n) is 4.89. The van der Waals surface area contributed by atoms with Gasteiger partial charge in [-0.05, 0) is 49.6 Å². The van der Waals surface area contributed by atoms with Crippen LogP contribution < -0.4 is 14.8 Å².